The lowest BCUT2D eigenvalue weighted by Gasteiger charge is -2.18. The number of carbonyl (C=O) groups is 2. The summed E-state index contributed by atoms with van der Waals surface area (Å²) in [6, 6.07) is 13.9. The fourth-order valence-corrected chi connectivity index (χ4v) is 2.85. The molecule has 2 rings (SSSR count). The molecule has 0 spiro atoms. The van der Waals surface area contributed by atoms with Gasteiger partial charge in [-0.05, 0) is 56.4 Å². The molecule has 1 unspecified atom stereocenters. The number of hydrogen-bond acceptors (Lipinski definition) is 5. The van der Waals surface area contributed by atoms with E-state index in [1.54, 1.807) is 62.6 Å². The average molecular weight is 414 g/mol. The van der Waals surface area contributed by atoms with Crippen molar-refractivity contribution in [2.45, 2.75) is 26.9 Å². The van der Waals surface area contributed by atoms with Crippen molar-refractivity contribution in [3.8, 4) is 11.5 Å². The van der Waals surface area contributed by atoms with Gasteiger partial charge in [0.1, 0.15) is 11.5 Å². The van der Waals surface area contributed by atoms with Crippen molar-refractivity contribution < 1.29 is 19.1 Å². The first-order valence-electron chi connectivity index (χ1n) is 10.2. The lowest BCUT2D eigenvalue weighted by Crippen LogP contribution is -2.34. The maximum atomic E-state index is 12.4. The van der Waals surface area contributed by atoms with Crippen LogP contribution < -0.4 is 20.1 Å². The van der Waals surface area contributed by atoms with E-state index in [1.807, 2.05) is 0 Å². The molecule has 1 atom stereocenters. The highest BCUT2D eigenvalue weighted by molar-refractivity contribution is 5.96. The van der Waals surface area contributed by atoms with Crippen molar-refractivity contribution in [2.24, 2.45) is 0 Å². The van der Waals surface area contributed by atoms with Crippen LogP contribution in [0.3, 0.4) is 0 Å². The maximum absolute atomic E-state index is 12.4. The molecule has 162 valence electrons. The molecule has 0 heterocycles. The second kappa shape index (κ2) is 11.8. The summed E-state index contributed by atoms with van der Waals surface area (Å²) in [6.45, 7) is 9.20. The monoisotopic (exact) mass is 413 g/mol. The summed E-state index contributed by atoms with van der Waals surface area (Å²) in [4.78, 5) is 26.9. The number of ether oxygens (including phenoxy) is 2. The predicted octanol–water partition coefficient (Wildman–Crippen LogP) is 3.17. The number of anilines is 1. The molecule has 0 aliphatic rings. The van der Waals surface area contributed by atoms with Crippen LogP contribution in [0.2, 0.25) is 0 Å². The van der Waals surface area contributed by atoms with E-state index in [-0.39, 0.29) is 11.8 Å². The molecule has 7 heteroatoms. The van der Waals surface area contributed by atoms with Crippen molar-refractivity contribution in [1.29, 1.82) is 0 Å². The Kier molecular flexibility index (Phi) is 9.15. The molecule has 0 saturated heterocycles. The van der Waals surface area contributed by atoms with Crippen LogP contribution >= 0.6 is 0 Å². The van der Waals surface area contributed by atoms with E-state index in [0.717, 1.165) is 19.6 Å². The Morgan fingerprint density at radius 3 is 2.33 bits per heavy atom. The number of nitrogens with one attached hydrogen (secondary N) is 2. The van der Waals surface area contributed by atoms with Crippen LogP contribution in [0.1, 0.15) is 31.1 Å². The van der Waals surface area contributed by atoms with Gasteiger partial charge in [-0.25, -0.2) is 0 Å². The third-order valence-corrected chi connectivity index (χ3v) is 4.75. The maximum Gasteiger partial charge on any atom is 0.265 e. The Balaban J connectivity index is 1.85. The number of carbonyl (C=O) groups excluding carboxylic acids is 2. The smallest absolute Gasteiger partial charge is 0.265 e. The van der Waals surface area contributed by atoms with Crippen LogP contribution in [0.25, 0.3) is 0 Å². The molecule has 2 aromatic carbocycles. The molecule has 0 saturated carbocycles. The SMILES string of the molecule is CCN(CC)CCNC(=O)c1ccc(NC(=O)C(C)Oc2cccc(OC)c2)cc1. The van der Waals surface area contributed by atoms with E-state index >= 15 is 0 Å². The number of likely N-dealkylation sites (N-methyl/N-ethyl adjacent to an activating group) is 1. The molecule has 0 bridgehead atoms. The van der Waals surface area contributed by atoms with Crippen molar-refractivity contribution >= 4 is 17.5 Å². The molecule has 0 radical (unpaired) electrons. The molecule has 0 aliphatic carbocycles. The van der Waals surface area contributed by atoms with E-state index in [2.05, 4.69) is 29.4 Å². The van der Waals surface area contributed by atoms with Crippen molar-refractivity contribution in [1.82, 2.24) is 10.2 Å². The topological polar surface area (TPSA) is 79.9 Å². The molecule has 2 aromatic rings. The number of rotatable bonds is 11. The van der Waals surface area contributed by atoms with E-state index < -0.39 is 6.10 Å². The zero-order valence-electron chi connectivity index (χ0n) is 18.1. The van der Waals surface area contributed by atoms with Gasteiger partial charge in [0, 0.05) is 30.4 Å². The zero-order chi connectivity index (χ0) is 21.9. The summed E-state index contributed by atoms with van der Waals surface area (Å²) in [5.41, 5.74) is 1.15. The highest BCUT2D eigenvalue weighted by Gasteiger charge is 2.15. The minimum absolute atomic E-state index is 0.130. The third-order valence-electron chi connectivity index (χ3n) is 4.75. The second-order valence-electron chi connectivity index (χ2n) is 6.79. The number of benzene rings is 2. The molecule has 2 amide bonds. The Morgan fingerprint density at radius 2 is 1.70 bits per heavy atom. The summed E-state index contributed by atoms with van der Waals surface area (Å²) in [7, 11) is 1.57. The Bertz CT molecular complexity index is 819. The van der Waals surface area contributed by atoms with Gasteiger partial charge in [0.05, 0.1) is 7.11 Å². The normalized spacial score (nSPS) is 11.6. The third kappa shape index (κ3) is 7.08. The molecular formula is C23H31N3O4. The lowest BCUT2D eigenvalue weighted by molar-refractivity contribution is -0.122. The summed E-state index contributed by atoms with van der Waals surface area (Å²) in [6.07, 6.45) is -0.694. The van der Waals surface area contributed by atoms with E-state index in [0.29, 0.717) is 29.3 Å². The number of nitrogens with zero attached hydrogens (tertiary/aromatic N) is 1. The quantitative estimate of drug-likeness (QED) is 0.592. The molecule has 0 fully saturated rings. The van der Waals surface area contributed by atoms with Gasteiger partial charge >= 0.3 is 0 Å². The van der Waals surface area contributed by atoms with Crippen LogP contribution in [0.15, 0.2) is 48.5 Å². The Morgan fingerprint density at radius 1 is 1.03 bits per heavy atom. The molecule has 0 aromatic heterocycles. The molecular weight excluding hydrogens is 382 g/mol. The van der Waals surface area contributed by atoms with E-state index in [9.17, 15) is 9.59 Å². The van der Waals surface area contributed by atoms with Gasteiger partial charge in [-0.2, -0.15) is 0 Å². The lowest BCUT2D eigenvalue weighted by atomic mass is 10.2. The summed E-state index contributed by atoms with van der Waals surface area (Å²) in [5.74, 6) is 0.795. The highest BCUT2D eigenvalue weighted by atomic mass is 16.5. The zero-order valence-corrected chi connectivity index (χ0v) is 18.1. The van der Waals surface area contributed by atoms with E-state index in [1.165, 1.54) is 0 Å². The first-order valence-corrected chi connectivity index (χ1v) is 10.2. The molecule has 30 heavy (non-hydrogen) atoms. The van der Waals surface area contributed by atoms with Crippen LogP contribution in [-0.2, 0) is 4.79 Å². The summed E-state index contributed by atoms with van der Waals surface area (Å²) >= 11 is 0. The Hall–Kier alpha value is -3.06. The largest absolute Gasteiger partial charge is 0.497 e. The minimum atomic E-state index is -0.694. The summed E-state index contributed by atoms with van der Waals surface area (Å²) < 4.78 is 10.8. The number of methoxy groups -OCH3 is 1. The van der Waals surface area contributed by atoms with E-state index in [4.69, 9.17) is 9.47 Å². The number of amides is 2. The Labute approximate surface area is 178 Å². The van der Waals surface area contributed by atoms with Gasteiger partial charge in [-0.3, -0.25) is 9.59 Å². The second-order valence-corrected chi connectivity index (χ2v) is 6.79. The standard InChI is InChI=1S/C23H31N3O4/c1-5-26(6-2)15-14-24-23(28)18-10-12-19(13-11-18)25-22(27)17(3)30-21-9-7-8-20(16-21)29-4/h7-13,16-17H,5-6,14-15H2,1-4H3,(H,24,28)(H,25,27). The van der Waals surface area contributed by atoms with Gasteiger partial charge in [0.15, 0.2) is 6.10 Å². The van der Waals surface area contributed by atoms with Gasteiger partial charge in [-0.1, -0.05) is 19.9 Å². The van der Waals surface area contributed by atoms with Crippen LogP contribution in [0.4, 0.5) is 5.69 Å². The highest BCUT2D eigenvalue weighted by Crippen LogP contribution is 2.20. The van der Waals surface area contributed by atoms with Crippen molar-refractivity contribution in [3.05, 3.63) is 54.1 Å². The number of hydrogen-bond donors (Lipinski definition) is 2. The van der Waals surface area contributed by atoms with Crippen molar-refractivity contribution in [3.63, 3.8) is 0 Å². The van der Waals surface area contributed by atoms with Gasteiger partial charge in [0.2, 0.25) is 0 Å². The van der Waals surface area contributed by atoms with Gasteiger partial charge in [0.25, 0.3) is 11.8 Å². The van der Waals surface area contributed by atoms with Crippen LogP contribution in [0.5, 0.6) is 11.5 Å². The summed E-state index contributed by atoms with van der Waals surface area (Å²) in [5, 5.41) is 5.71. The van der Waals surface area contributed by atoms with Crippen LogP contribution in [0, 0.1) is 0 Å². The molecule has 0 aliphatic heterocycles. The fourth-order valence-electron chi connectivity index (χ4n) is 2.85. The first kappa shape index (κ1) is 23.2. The van der Waals surface area contributed by atoms with Crippen molar-refractivity contribution in [2.75, 3.05) is 38.6 Å². The molecule has 7 nitrogen and oxygen atoms in total. The first-order chi connectivity index (χ1) is 14.5. The minimum Gasteiger partial charge on any atom is -0.497 e. The van der Waals surface area contributed by atoms with Crippen LogP contribution in [-0.4, -0.2) is 56.1 Å². The van der Waals surface area contributed by atoms with Gasteiger partial charge in [-0.15, -0.1) is 0 Å². The predicted molar refractivity (Wildman–Crippen MR) is 118 cm³/mol. The fraction of sp³-hybridized carbons (Fsp3) is 0.391. The average Bonchev–Trinajstić information content (AvgIpc) is 2.77. The molecule has 2 N–H and O–H groups in total. The van der Waals surface area contributed by atoms with Gasteiger partial charge < -0.3 is 25.0 Å².